The quantitative estimate of drug-likeness (QED) is 0.257. The number of carboxylic acids is 1. The zero-order valence-electron chi connectivity index (χ0n) is 8.01. The van der Waals surface area contributed by atoms with Gasteiger partial charge in [-0.1, -0.05) is 0 Å². The van der Waals surface area contributed by atoms with Crippen LogP contribution in [0, 0.1) is 10.1 Å². The van der Waals surface area contributed by atoms with Gasteiger partial charge in [0.05, 0.1) is 0 Å². The van der Waals surface area contributed by atoms with E-state index < -0.39 is 22.9 Å². The molecule has 1 aromatic heterocycles. The molecule has 1 aromatic rings. The van der Waals surface area contributed by atoms with Gasteiger partial charge in [-0.05, 0) is 0 Å². The van der Waals surface area contributed by atoms with E-state index in [2.05, 4.69) is 0 Å². The summed E-state index contributed by atoms with van der Waals surface area (Å²) in [6.07, 6.45) is 0. The molecule has 0 unspecified atom stereocenters. The van der Waals surface area contributed by atoms with E-state index in [9.17, 15) is 14.4 Å². The van der Waals surface area contributed by atoms with Crippen LogP contribution in [0.3, 0.4) is 0 Å². The number of H-pyrrole nitrogens is 2. The number of carboxylic acid groups (broad SMARTS) is 1. The van der Waals surface area contributed by atoms with Gasteiger partial charge in [0.15, 0.2) is 0 Å². The van der Waals surface area contributed by atoms with E-state index in [1.54, 1.807) is 0 Å². The number of aromatic amines is 2. The average Bonchev–Trinajstić information content (AvgIpc) is 2.03. The van der Waals surface area contributed by atoms with Crippen LogP contribution in [0.2, 0.25) is 0 Å². The summed E-state index contributed by atoms with van der Waals surface area (Å²) in [5, 5.41) is 17.3. The molecule has 10 nitrogen and oxygen atoms in total. The number of hydrogen-bond acceptors (Lipinski definition) is 6. The predicted octanol–water partition coefficient (Wildman–Crippen LogP) is -4.81. The van der Waals surface area contributed by atoms with Crippen LogP contribution in [0.4, 0.5) is 0 Å². The fourth-order valence-electron chi connectivity index (χ4n) is 0.584. The van der Waals surface area contributed by atoms with Crippen molar-refractivity contribution < 1.29 is 66.8 Å². The van der Waals surface area contributed by atoms with Gasteiger partial charge in [-0.2, -0.15) is 0 Å². The van der Waals surface area contributed by atoms with Crippen LogP contribution >= 0.6 is 0 Å². The monoisotopic (exact) mass is 259 g/mol. The third-order valence-corrected chi connectivity index (χ3v) is 0.991. The molecule has 0 bridgehead atoms. The maximum atomic E-state index is 10.5. The van der Waals surface area contributed by atoms with Gasteiger partial charge in [0.25, 0.3) is 5.56 Å². The van der Waals surface area contributed by atoms with Crippen molar-refractivity contribution in [1.82, 2.24) is 9.97 Å². The van der Waals surface area contributed by atoms with Crippen LogP contribution in [-0.4, -0.2) is 26.5 Å². The van der Waals surface area contributed by atoms with Gasteiger partial charge in [-0.25, -0.2) is 9.59 Å². The first kappa shape index (κ1) is 20.5. The van der Waals surface area contributed by atoms with Crippen LogP contribution in [0.25, 0.3) is 0 Å². The first-order chi connectivity index (χ1) is 6.51. The standard InChI is InChI=1S/C5H4N2O4.K.HNO2.H2O/c8-3-1-2(4(9)10)6-5(11)7-3;;2-1-3;/h1H,(H,9,10)(H2,6,7,8,11);;(H,2,3);1H2/q;+1;;/p-1. The maximum Gasteiger partial charge on any atom is 1.00 e. The third-order valence-electron chi connectivity index (χ3n) is 0.991. The molecule has 1 heterocycles. The Balaban J connectivity index is -0.000000306. The summed E-state index contributed by atoms with van der Waals surface area (Å²) >= 11 is 0. The third kappa shape index (κ3) is 8.45. The Morgan fingerprint density at radius 1 is 1.38 bits per heavy atom. The van der Waals surface area contributed by atoms with E-state index in [1.165, 1.54) is 0 Å². The van der Waals surface area contributed by atoms with Gasteiger partial charge in [-0.15, -0.1) is 5.34 Å². The van der Waals surface area contributed by atoms with Crippen molar-refractivity contribution in [2.24, 2.45) is 5.34 Å². The molecule has 1 rings (SSSR count). The van der Waals surface area contributed by atoms with Gasteiger partial charge in [-0.3, -0.25) is 9.78 Å². The molecular formula is C5H6KN3O7. The van der Waals surface area contributed by atoms with E-state index in [-0.39, 0.29) is 56.9 Å². The van der Waals surface area contributed by atoms with E-state index in [1.807, 2.05) is 9.97 Å². The molecule has 0 atom stereocenters. The summed E-state index contributed by atoms with van der Waals surface area (Å²) in [5.41, 5.74) is -1.97. The molecule has 0 aliphatic heterocycles. The van der Waals surface area contributed by atoms with E-state index in [0.717, 1.165) is 11.4 Å². The molecule has 0 spiro atoms. The van der Waals surface area contributed by atoms with Crippen molar-refractivity contribution in [2.75, 3.05) is 0 Å². The molecule has 0 aromatic carbocycles. The second kappa shape index (κ2) is 10.7. The topological polar surface area (TPSA) is 187 Å². The summed E-state index contributed by atoms with van der Waals surface area (Å²) < 4.78 is 0. The molecule has 84 valence electrons. The zero-order valence-corrected chi connectivity index (χ0v) is 11.1. The Morgan fingerprint density at radius 2 is 1.81 bits per heavy atom. The molecule has 0 fully saturated rings. The fraction of sp³-hybridized carbons (Fsp3) is 0. The Labute approximate surface area is 129 Å². The number of hydrogen-bond donors (Lipinski definition) is 3. The van der Waals surface area contributed by atoms with E-state index >= 15 is 0 Å². The maximum absolute atomic E-state index is 10.5. The minimum atomic E-state index is -1.34. The number of nitrogens with one attached hydrogen (secondary N) is 2. The zero-order chi connectivity index (χ0) is 11.1. The summed E-state index contributed by atoms with van der Waals surface area (Å²) in [6.45, 7) is 0. The van der Waals surface area contributed by atoms with Crippen molar-refractivity contribution in [2.45, 2.75) is 0 Å². The van der Waals surface area contributed by atoms with Crippen molar-refractivity contribution >= 4 is 5.97 Å². The van der Waals surface area contributed by atoms with Crippen LogP contribution < -0.4 is 62.6 Å². The van der Waals surface area contributed by atoms with Crippen molar-refractivity contribution in [1.29, 1.82) is 0 Å². The van der Waals surface area contributed by atoms with Gasteiger partial charge in [0.2, 0.25) is 0 Å². The number of aromatic nitrogens is 2. The van der Waals surface area contributed by atoms with Gasteiger partial charge >= 0.3 is 63.0 Å². The second-order valence-electron chi connectivity index (χ2n) is 1.88. The van der Waals surface area contributed by atoms with Gasteiger partial charge < -0.3 is 25.7 Å². The molecule has 11 heteroatoms. The normalized spacial score (nSPS) is 7.25. The van der Waals surface area contributed by atoms with Gasteiger partial charge in [0.1, 0.15) is 5.69 Å². The number of nitrogens with zero attached hydrogens (tertiary/aromatic N) is 1. The van der Waals surface area contributed by atoms with Crippen molar-refractivity contribution in [3.8, 4) is 0 Å². The molecule has 0 amide bonds. The van der Waals surface area contributed by atoms with Crippen LogP contribution in [0.15, 0.2) is 21.0 Å². The Hall–Kier alpha value is -0.854. The first-order valence-electron chi connectivity index (χ1n) is 3.03. The van der Waals surface area contributed by atoms with Crippen LogP contribution in [0.5, 0.6) is 0 Å². The molecular weight excluding hydrogens is 253 g/mol. The van der Waals surface area contributed by atoms with E-state index in [0.29, 0.717) is 0 Å². The van der Waals surface area contributed by atoms with E-state index in [4.69, 9.17) is 15.2 Å². The minimum absolute atomic E-state index is 0. The summed E-state index contributed by atoms with van der Waals surface area (Å²) in [4.78, 5) is 42.9. The fourth-order valence-corrected chi connectivity index (χ4v) is 0.584. The predicted molar refractivity (Wildman–Crippen MR) is 47.4 cm³/mol. The molecule has 0 saturated heterocycles. The largest absolute Gasteiger partial charge is 1.00 e. The second-order valence-corrected chi connectivity index (χ2v) is 1.88. The Morgan fingerprint density at radius 3 is 2.12 bits per heavy atom. The number of aromatic carboxylic acids is 1. The van der Waals surface area contributed by atoms with Crippen LogP contribution in [-0.2, 0) is 0 Å². The first-order valence-corrected chi connectivity index (χ1v) is 3.03. The molecule has 0 radical (unpaired) electrons. The Kier molecular flexibility index (Phi) is 13.7. The molecule has 16 heavy (non-hydrogen) atoms. The summed E-state index contributed by atoms with van der Waals surface area (Å²) in [5.74, 6) is -1.34. The average molecular weight is 259 g/mol. The van der Waals surface area contributed by atoms with Crippen LogP contribution in [0.1, 0.15) is 10.5 Å². The summed E-state index contributed by atoms with van der Waals surface area (Å²) in [7, 11) is 0. The molecule has 0 aliphatic rings. The van der Waals surface area contributed by atoms with Crippen molar-refractivity contribution in [3.05, 3.63) is 42.7 Å². The minimum Gasteiger partial charge on any atom is -0.477 e. The SMILES string of the molecule is O.O=C(O)c1cc(=O)[nH]c(=O)[nH]1.O=N[O-].[K+]. The molecule has 5 N–H and O–H groups in total. The summed E-state index contributed by atoms with van der Waals surface area (Å²) in [6, 6.07) is 0.795. The van der Waals surface area contributed by atoms with Crippen molar-refractivity contribution in [3.63, 3.8) is 0 Å². The van der Waals surface area contributed by atoms with Gasteiger partial charge in [0, 0.05) is 6.07 Å². The number of carbonyl (C=O) groups is 1. The molecule has 0 aliphatic carbocycles. The Bertz CT molecular complexity index is 410. The molecule has 0 saturated carbocycles. The number of rotatable bonds is 1. The smallest absolute Gasteiger partial charge is 0.477 e.